The summed E-state index contributed by atoms with van der Waals surface area (Å²) >= 11 is 0. The Kier molecular flexibility index (Phi) is 24.0. The van der Waals surface area contributed by atoms with Crippen LogP contribution in [0, 0.1) is 0 Å². The molecule has 0 saturated carbocycles. The molecule has 1 amide bonds. The van der Waals surface area contributed by atoms with Gasteiger partial charge in [0.1, 0.15) is 12.1 Å². The molecular formula is C19H43IN2O3. The van der Waals surface area contributed by atoms with Crippen LogP contribution in [0.3, 0.4) is 0 Å². The van der Waals surface area contributed by atoms with E-state index in [0.717, 1.165) is 4.48 Å². The minimum Gasteiger partial charge on any atom is -0.530 e. The SMILES string of the molecule is CCCCC[N+](CCCCC)(CCCCC)C(C)CO.I.NC(=O)[O-]. The maximum absolute atomic E-state index is 9.72. The number of hydrogen-bond acceptors (Lipinski definition) is 3. The van der Waals surface area contributed by atoms with Gasteiger partial charge in [-0.05, 0) is 45.4 Å². The first kappa shape index (κ1) is 29.7. The number of quaternary nitrogens is 1. The van der Waals surface area contributed by atoms with E-state index in [1.54, 1.807) is 0 Å². The molecular weight excluding hydrogens is 431 g/mol. The molecule has 0 aliphatic carbocycles. The van der Waals surface area contributed by atoms with Crippen LogP contribution in [0.25, 0.3) is 0 Å². The number of carbonyl (C=O) groups excluding carboxylic acids is 1. The zero-order chi connectivity index (χ0) is 18.8. The molecule has 0 rings (SSSR count). The van der Waals surface area contributed by atoms with Gasteiger partial charge < -0.3 is 25.2 Å². The Balaban J connectivity index is -0.000000867. The van der Waals surface area contributed by atoms with Crippen molar-refractivity contribution in [2.45, 2.75) is 91.5 Å². The summed E-state index contributed by atoms with van der Waals surface area (Å²) in [6.45, 7) is 13.2. The van der Waals surface area contributed by atoms with E-state index in [9.17, 15) is 5.11 Å². The van der Waals surface area contributed by atoms with Crippen molar-refractivity contribution in [1.82, 2.24) is 0 Å². The summed E-state index contributed by atoms with van der Waals surface area (Å²) in [4.78, 5) is 8.67. The van der Waals surface area contributed by atoms with Crippen molar-refractivity contribution >= 4 is 30.1 Å². The normalized spacial score (nSPS) is 11.9. The molecule has 25 heavy (non-hydrogen) atoms. The van der Waals surface area contributed by atoms with Gasteiger partial charge in [-0.2, -0.15) is 0 Å². The Morgan fingerprint density at radius 3 is 1.40 bits per heavy atom. The van der Waals surface area contributed by atoms with Crippen LogP contribution in [0.4, 0.5) is 4.79 Å². The minimum absolute atomic E-state index is 0. The summed E-state index contributed by atoms with van der Waals surface area (Å²) in [5.41, 5.74) is 3.92. The number of carboxylic acid groups (broad SMARTS) is 1. The lowest BCUT2D eigenvalue weighted by atomic mass is 10.1. The maximum Gasteiger partial charge on any atom is 0.131 e. The van der Waals surface area contributed by atoms with Crippen molar-refractivity contribution < 1.29 is 19.5 Å². The van der Waals surface area contributed by atoms with Crippen LogP contribution in [0.15, 0.2) is 0 Å². The van der Waals surface area contributed by atoms with E-state index in [2.05, 4.69) is 33.4 Å². The van der Waals surface area contributed by atoms with Crippen LogP contribution in [0.2, 0.25) is 0 Å². The topological polar surface area (TPSA) is 86.4 Å². The lowest BCUT2D eigenvalue weighted by Gasteiger charge is -2.43. The Hall–Kier alpha value is -0.0800. The van der Waals surface area contributed by atoms with E-state index >= 15 is 0 Å². The summed E-state index contributed by atoms with van der Waals surface area (Å²) in [5, 5.41) is 18.4. The van der Waals surface area contributed by atoms with Crippen molar-refractivity contribution in [3.8, 4) is 0 Å². The van der Waals surface area contributed by atoms with Gasteiger partial charge in [-0.25, -0.2) is 0 Å². The highest BCUT2D eigenvalue weighted by molar-refractivity contribution is 14.0. The highest BCUT2D eigenvalue weighted by atomic mass is 127. The summed E-state index contributed by atoms with van der Waals surface area (Å²) in [6, 6.07) is 0.403. The zero-order valence-electron chi connectivity index (χ0n) is 17.0. The quantitative estimate of drug-likeness (QED) is 0.229. The molecule has 0 aliphatic rings. The van der Waals surface area contributed by atoms with Gasteiger partial charge in [-0.3, -0.25) is 0 Å². The molecule has 0 radical (unpaired) electrons. The fourth-order valence-electron chi connectivity index (χ4n) is 3.20. The van der Waals surface area contributed by atoms with E-state index < -0.39 is 6.09 Å². The number of aliphatic hydroxyl groups excluding tert-OH is 1. The first-order valence-electron chi connectivity index (χ1n) is 9.83. The standard InChI is InChI=1S/C18H40NO.CH3NO2.HI/c1-5-8-11-14-19(18(4)17-20,15-12-9-6-2)16-13-10-7-3;2-1(3)4;/h18,20H,5-17H2,1-4H3;2H2,(H,3,4);1H/q+1;;/p-1. The third-order valence-corrected chi connectivity index (χ3v) is 4.82. The summed E-state index contributed by atoms with van der Waals surface area (Å²) in [6.07, 6.45) is 10.2. The second-order valence-corrected chi connectivity index (χ2v) is 6.86. The van der Waals surface area contributed by atoms with Gasteiger partial charge >= 0.3 is 0 Å². The number of nitrogens with two attached hydrogens (primary N) is 1. The molecule has 0 saturated heterocycles. The fraction of sp³-hybridized carbons (Fsp3) is 0.947. The number of amides is 1. The lowest BCUT2D eigenvalue weighted by Crippen LogP contribution is -2.57. The molecule has 0 bridgehead atoms. The molecule has 3 N–H and O–H groups in total. The molecule has 0 spiro atoms. The molecule has 0 heterocycles. The van der Waals surface area contributed by atoms with Crippen LogP contribution in [-0.4, -0.2) is 48.0 Å². The minimum atomic E-state index is -1.58. The third-order valence-electron chi connectivity index (χ3n) is 4.82. The van der Waals surface area contributed by atoms with E-state index in [1.165, 1.54) is 77.4 Å². The summed E-state index contributed by atoms with van der Waals surface area (Å²) in [5.74, 6) is 0. The average Bonchev–Trinajstić information content (AvgIpc) is 2.53. The van der Waals surface area contributed by atoms with Gasteiger partial charge in [0.15, 0.2) is 0 Å². The monoisotopic (exact) mass is 474 g/mol. The van der Waals surface area contributed by atoms with E-state index in [-0.39, 0.29) is 24.0 Å². The predicted octanol–water partition coefficient (Wildman–Crippen LogP) is 3.66. The highest BCUT2D eigenvalue weighted by Gasteiger charge is 2.31. The molecule has 0 fully saturated rings. The second kappa shape index (κ2) is 20.2. The van der Waals surface area contributed by atoms with Crippen molar-refractivity contribution in [2.75, 3.05) is 26.2 Å². The van der Waals surface area contributed by atoms with Crippen LogP contribution in [-0.2, 0) is 0 Å². The highest BCUT2D eigenvalue weighted by Crippen LogP contribution is 2.20. The first-order chi connectivity index (χ1) is 11.4. The molecule has 154 valence electrons. The van der Waals surface area contributed by atoms with Crippen LogP contribution >= 0.6 is 24.0 Å². The first-order valence-corrected chi connectivity index (χ1v) is 9.83. The van der Waals surface area contributed by atoms with Gasteiger partial charge in [0.2, 0.25) is 0 Å². The van der Waals surface area contributed by atoms with Crippen molar-refractivity contribution in [1.29, 1.82) is 0 Å². The Bertz CT molecular complexity index is 261. The molecule has 1 atom stereocenters. The van der Waals surface area contributed by atoms with Crippen molar-refractivity contribution in [3.63, 3.8) is 0 Å². The Morgan fingerprint density at radius 2 is 1.20 bits per heavy atom. The van der Waals surface area contributed by atoms with E-state index in [0.29, 0.717) is 12.6 Å². The van der Waals surface area contributed by atoms with Crippen molar-refractivity contribution in [3.05, 3.63) is 0 Å². The van der Waals surface area contributed by atoms with E-state index in [4.69, 9.17) is 9.90 Å². The van der Waals surface area contributed by atoms with Gasteiger partial charge in [0.05, 0.1) is 26.2 Å². The Morgan fingerprint density at radius 1 is 0.920 bits per heavy atom. The van der Waals surface area contributed by atoms with Crippen LogP contribution in [0.5, 0.6) is 0 Å². The molecule has 0 aromatic carbocycles. The van der Waals surface area contributed by atoms with E-state index in [1.807, 2.05) is 0 Å². The summed E-state index contributed by atoms with van der Waals surface area (Å²) in [7, 11) is 0. The number of unbranched alkanes of at least 4 members (excludes halogenated alkanes) is 6. The second-order valence-electron chi connectivity index (χ2n) is 6.86. The number of primary amides is 1. The van der Waals surface area contributed by atoms with Gasteiger partial charge in [-0.15, -0.1) is 24.0 Å². The third kappa shape index (κ3) is 17.1. The number of halogens is 1. The summed E-state index contributed by atoms with van der Waals surface area (Å²) < 4.78 is 1.16. The van der Waals surface area contributed by atoms with Crippen LogP contribution < -0.4 is 10.8 Å². The van der Waals surface area contributed by atoms with Crippen LogP contribution in [0.1, 0.15) is 85.5 Å². The number of nitrogens with zero attached hydrogens (tertiary/aromatic N) is 1. The molecule has 0 aromatic rings. The predicted molar refractivity (Wildman–Crippen MR) is 115 cm³/mol. The number of rotatable bonds is 14. The molecule has 0 aliphatic heterocycles. The number of carbonyl (C=O) groups is 1. The number of aliphatic hydroxyl groups is 1. The average molecular weight is 474 g/mol. The largest absolute Gasteiger partial charge is 0.530 e. The molecule has 1 unspecified atom stereocenters. The van der Waals surface area contributed by atoms with Gasteiger partial charge in [-0.1, -0.05) is 40.0 Å². The molecule has 6 heteroatoms. The number of hydrogen-bond donors (Lipinski definition) is 2. The molecule has 0 aromatic heterocycles. The fourth-order valence-corrected chi connectivity index (χ4v) is 3.20. The van der Waals surface area contributed by atoms with Gasteiger partial charge in [0, 0.05) is 0 Å². The molecule has 5 nitrogen and oxygen atoms in total. The lowest BCUT2D eigenvalue weighted by molar-refractivity contribution is -0.950. The maximum atomic E-state index is 9.72. The zero-order valence-corrected chi connectivity index (χ0v) is 19.3. The van der Waals surface area contributed by atoms with Crippen molar-refractivity contribution in [2.24, 2.45) is 5.73 Å². The smallest absolute Gasteiger partial charge is 0.131 e. The van der Waals surface area contributed by atoms with Gasteiger partial charge in [0.25, 0.3) is 0 Å². The Labute approximate surface area is 173 Å².